The van der Waals surface area contributed by atoms with E-state index in [-0.39, 0.29) is 0 Å². The van der Waals surface area contributed by atoms with Gasteiger partial charge in [0.05, 0.1) is 0 Å². The number of alkyl halides is 3. The van der Waals surface area contributed by atoms with Crippen molar-refractivity contribution < 1.29 is 22.1 Å². The third-order valence-electron chi connectivity index (χ3n) is 2.10. The Hall–Kier alpha value is -1.08. The summed E-state index contributed by atoms with van der Waals surface area (Å²) in [4.78, 5) is 0. The third kappa shape index (κ3) is 4.21. The molecular formula is C12H13F4NOS. The van der Waals surface area contributed by atoms with E-state index in [1.807, 2.05) is 0 Å². The van der Waals surface area contributed by atoms with Crippen molar-refractivity contribution in [1.29, 1.82) is 0 Å². The van der Waals surface area contributed by atoms with E-state index in [2.05, 4.69) is 4.40 Å². The van der Waals surface area contributed by atoms with Crippen molar-refractivity contribution in [2.24, 2.45) is 4.40 Å². The molecule has 0 spiro atoms. The molecule has 1 rings (SSSR count). The first kappa shape index (κ1) is 16.0. The first-order valence-corrected chi connectivity index (χ1v) is 6.47. The molecule has 0 amide bonds. The van der Waals surface area contributed by atoms with Gasteiger partial charge in [-0.25, -0.2) is 4.39 Å². The summed E-state index contributed by atoms with van der Waals surface area (Å²) in [5, 5.41) is 0. The minimum Gasteiger partial charge on any atom is -0.591 e. The topological polar surface area (TPSA) is 35.4 Å². The van der Waals surface area contributed by atoms with Crippen LogP contribution >= 0.6 is 0 Å². The summed E-state index contributed by atoms with van der Waals surface area (Å²) in [7, 11) is 0. The maximum atomic E-state index is 13.4. The van der Waals surface area contributed by atoms with E-state index in [1.54, 1.807) is 0 Å². The van der Waals surface area contributed by atoms with Crippen molar-refractivity contribution in [3.8, 4) is 0 Å². The lowest BCUT2D eigenvalue weighted by molar-refractivity contribution is -0.0580. The number of nitrogens with zero attached hydrogens (tertiary/aromatic N) is 1. The van der Waals surface area contributed by atoms with Crippen LogP contribution in [0.3, 0.4) is 0 Å². The Kier molecular flexibility index (Phi) is 4.63. The van der Waals surface area contributed by atoms with Gasteiger partial charge in [-0.05, 0) is 32.9 Å². The van der Waals surface area contributed by atoms with Gasteiger partial charge < -0.3 is 4.55 Å². The molecule has 19 heavy (non-hydrogen) atoms. The zero-order chi connectivity index (χ0) is 14.8. The van der Waals surface area contributed by atoms with Crippen molar-refractivity contribution in [2.45, 2.75) is 31.7 Å². The Morgan fingerprint density at radius 1 is 1.16 bits per heavy atom. The van der Waals surface area contributed by atoms with Crippen LogP contribution in [0.1, 0.15) is 26.3 Å². The van der Waals surface area contributed by atoms with Crippen LogP contribution in [-0.4, -0.2) is 21.2 Å². The maximum absolute atomic E-state index is 13.4. The van der Waals surface area contributed by atoms with E-state index < -0.39 is 39.4 Å². The Balaban J connectivity index is 3.33. The first-order valence-electron chi connectivity index (χ1n) is 5.36. The third-order valence-corrected chi connectivity index (χ3v) is 3.49. The van der Waals surface area contributed by atoms with Crippen molar-refractivity contribution in [2.75, 3.05) is 0 Å². The van der Waals surface area contributed by atoms with Crippen LogP contribution in [-0.2, 0) is 11.4 Å². The van der Waals surface area contributed by atoms with Crippen molar-refractivity contribution in [1.82, 2.24) is 0 Å². The van der Waals surface area contributed by atoms with Gasteiger partial charge in [0, 0.05) is 5.56 Å². The molecule has 1 unspecified atom stereocenters. The summed E-state index contributed by atoms with van der Waals surface area (Å²) in [6.07, 6.45) is -4.87. The molecule has 0 aliphatic rings. The average Bonchev–Trinajstić information content (AvgIpc) is 2.24. The predicted octanol–water partition coefficient (Wildman–Crippen LogP) is 3.64. The lowest BCUT2D eigenvalue weighted by Gasteiger charge is -2.20. The summed E-state index contributed by atoms with van der Waals surface area (Å²) in [6.45, 7) is 4.46. The normalized spacial score (nSPS) is 15.5. The highest BCUT2D eigenvalue weighted by molar-refractivity contribution is 7.91. The second kappa shape index (κ2) is 5.50. The Labute approximate surface area is 111 Å². The van der Waals surface area contributed by atoms with Crippen LogP contribution in [0.4, 0.5) is 17.6 Å². The SMILES string of the molecule is CC(C)(C)[S+]([O-])/N=C(/c1ccccc1F)C(F)(F)F. The quantitative estimate of drug-likeness (QED) is 0.466. The van der Waals surface area contributed by atoms with Gasteiger partial charge in [0.15, 0.2) is 0 Å². The first-order chi connectivity index (χ1) is 8.53. The molecular weight excluding hydrogens is 282 g/mol. The molecule has 0 aliphatic carbocycles. The van der Waals surface area contributed by atoms with Gasteiger partial charge in [0.2, 0.25) is 5.71 Å². The molecule has 0 fully saturated rings. The fourth-order valence-electron chi connectivity index (χ4n) is 1.13. The molecule has 0 bridgehead atoms. The lowest BCUT2D eigenvalue weighted by Crippen LogP contribution is -2.32. The summed E-state index contributed by atoms with van der Waals surface area (Å²) < 4.78 is 66.1. The van der Waals surface area contributed by atoms with Gasteiger partial charge in [0.25, 0.3) is 0 Å². The summed E-state index contributed by atoms with van der Waals surface area (Å²) >= 11 is -2.12. The van der Waals surface area contributed by atoms with Crippen LogP contribution in [0.25, 0.3) is 0 Å². The molecule has 1 aromatic rings. The Bertz CT molecular complexity index is 479. The zero-order valence-electron chi connectivity index (χ0n) is 10.6. The van der Waals surface area contributed by atoms with E-state index in [9.17, 15) is 22.1 Å². The summed E-state index contributed by atoms with van der Waals surface area (Å²) in [6, 6.07) is 4.39. The van der Waals surface area contributed by atoms with Crippen LogP contribution < -0.4 is 0 Å². The molecule has 7 heteroatoms. The largest absolute Gasteiger partial charge is 0.591 e. The van der Waals surface area contributed by atoms with Crippen molar-refractivity contribution in [3.63, 3.8) is 0 Å². The second-order valence-electron chi connectivity index (χ2n) is 4.78. The van der Waals surface area contributed by atoms with Gasteiger partial charge in [-0.15, -0.1) is 0 Å². The molecule has 1 aromatic carbocycles. The summed E-state index contributed by atoms with van der Waals surface area (Å²) in [5.41, 5.74) is -2.16. The highest BCUT2D eigenvalue weighted by Gasteiger charge is 2.42. The number of hydrogen-bond donors (Lipinski definition) is 0. The molecule has 0 saturated carbocycles. The summed E-state index contributed by atoms with van der Waals surface area (Å²) in [5.74, 6) is -1.05. The zero-order valence-corrected chi connectivity index (χ0v) is 11.4. The molecule has 0 aliphatic heterocycles. The number of hydrogen-bond acceptors (Lipinski definition) is 2. The predicted molar refractivity (Wildman–Crippen MR) is 66.9 cm³/mol. The number of benzene rings is 1. The van der Waals surface area contributed by atoms with Crippen molar-refractivity contribution in [3.05, 3.63) is 35.6 Å². The molecule has 2 nitrogen and oxygen atoms in total. The average molecular weight is 295 g/mol. The van der Waals surface area contributed by atoms with Crippen LogP contribution in [0.2, 0.25) is 0 Å². The molecule has 0 heterocycles. The van der Waals surface area contributed by atoms with Gasteiger partial charge >= 0.3 is 6.18 Å². The van der Waals surface area contributed by atoms with Gasteiger partial charge in [-0.2, -0.15) is 13.2 Å². The van der Waals surface area contributed by atoms with Gasteiger partial charge in [0.1, 0.15) is 21.9 Å². The fraction of sp³-hybridized carbons (Fsp3) is 0.417. The van der Waals surface area contributed by atoms with Crippen LogP contribution in [0.5, 0.6) is 0 Å². The number of rotatable bonds is 2. The second-order valence-corrected chi connectivity index (χ2v) is 6.68. The van der Waals surface area contributed by atoms with E-state index in [0.29, 0.717) is 0 Å². The molecule has 1 atom stereocenters. The monoisotopic (exact) mass is 295 g/mol. The van der Waals surface area contributed by atoms with E-state index in [1.165, 1.54) is 32.9 Å². The molecule has 0 saturated heterocycles. The Morgan fingerprint density at radius 2 is 1.68 bits per heavy atom. The smallest absolute Gasteiger partial charge is 0.438 e. The maximum Gasteiger partial charge on any atom is 0.438 e. The highest BCUT2D eigenvalue weighted by Crippen LogP contribution is 2.27. The van der Waals surface area contributed by atoms with E-state index in [4.69, 9.17) is 0 Å². The van der Waals surface area contributed by atoms with Crippen LogP contribution in [0.15, 0.2) is 28.7 Å². The molecule has 0 aromatic heterocycles. The molecule has 0 radical (unpaired) electrons. The van der Waals surface area contributed by atoms with E-state index >= 15 is 0 Å². The van der Waals surface area contributed by atoms with Gasteiger partial charge in [-0.3, -0.25) is 0 Å². The Morgan fingerprint density at radius 3 is 2.11 bits per heavy atom. The number of halogens is 4. The van der Waals surface area contributed by atoms with Crippen molar-refractivity contribution >= 4 is 17.1 Å². The molecule has 106 valence electrons. The standard InChI is InChI=1S/C12H13F4NOS/c1-11(2,3)19(18)17-10(12(14,15)16)8-6-4-5-7-9(8)13/h4-7H,1-3H3/b17-10-. The van der Waals surface area contributed by atoms with E-state index in [0.717, 1.165) is 12.1 Å². The minimum atomic E-state index is -4.87. The molecule has 0 N–H and O–H groups in total. The minimum absolute atomic E-state index is 0.701. The lowest BCUT2D eigenvalue weighted by atomic mass is 10.1. The van der Waals surface area contributed by atoms with Crippen LogP contribution in [0, 0.1) is 5.82 Å². The fourth-order valence-corrected chi connectivity index (χ4v) is 1.77. The van der Waals surface area contributed by atoms with Gasteiger partial charge in [-0.1, -0.05) is 16.5 Å². The highest BCUT2D eigenvalue weighted by atomic mass is 32.2.